The highest BCUT2D eigenvalue weighted by Gasteiger charge is 2.34. The zero-order valence-corrected chi connectivity index (χ0v) is 28.7. The third kappa shape index (κ3) is 10.4. The summed E-state index contributed by atoms with van der Waals surface area (Å²) in [4.78, 5) is 76.3. The molecule has 4 amide bonds. The minimum atomic E-state index is -0.845. The summed E-state index contributed by atoms with van der Waals surface area (Å²) in [5, 5.41) is 16.7. The third-order valence-corrected chi connectivity index (χ3v) is 6.81. The highest BCUT2D eigenvalue weighted by molar-refractivity contribution is 6.31. The Hall–Kier alpha value is -5.14. The van der Waals surface area contributed by atoms with E-state index in [0.29, 0.717) is 11.4 Å². The lowest BCUT2D eigenvalue weighted by atomic mass is 9.82. The van der Waals surface area contributed by atoms with Crippen molar-refractivity contribution in [3.63, 3.8) is 0 Å². The predicted octanol–water partition coefficient (Wildman–Crippen LogP) is 3.34. The number of alkyl carbamates (subject to hydrolysis) is 2. The van der Waals surface area contributed by atoms with Crippen molar-refractivity contribution in [1.82, 2.24) is 21.3 Å². The van der Waals surface area contributed by atoms with Gasteiger partial charge in [0.15, 0.2) is 11.6 Å². The van der Waals surface area contributed by atoms with Crippen LogP contribution < -0.4 is 31.9 Å². The van der Waals surface area contributed by atoms with E-state index in [-0.39, 0.29) is 60.0 Å². The fourth-order valence-electron chi connectivity index (χ4n) is 4.69. The quantitative estimate of drug-likeness (QED) is 0.156. The van der Waals surface area contributed by atoms with Crippen molar-refractivity contribution in [2.45, 2.75) is 78.7 Å². The van der Waals surface area contributed by atoms with Crippen molar-refractivity contribution in [2.75, 3.05) is 36.8 Å². The van der Waals surface area contributed by atoms with Gasteiger partial charge in [0.2, 0.25) is 11.8 Å². The first-order valence-corrected chi connectivity index (χ1v) is 15.8. The molecule has 0 aliphatic heterocycles. The molecule has 0 saturated heterocycles. The summed E-state index contributed by atoms with van der Waals surface area (Å²) in [6.07, 6.45) is -1.42. The number of carbonyl (C=O) groups is 6. The van der Waals surface area contributed by atoms with Crippen LogP contribution in [-0.4, -0.2) is 85.0 Å². The number of ether oxygens (including phenoxy) is 2. The number of anilines is 2. The first-order chi connectivity index (χ1) is 22.4. The smallest absolute Gasteiger partial charge is 0.408 e. The number of benzene rings is 2. The first-order valence-electron chi connectivity index (χ1n) is 15.8. The van der Waals surface area contributed by atoms with E-state index in [1.807, 2.05) is 0 Å². The van der Waals surface area contributed by atoms with Crippen LogP contribution in [0.1, 0.15) is 87.2 Å². The molecule has 14 nitrogen and oxygen atoms in total. The maximum Gasteiger partial charge on any atom is 0.408 e. The molecule has 2 aromatic carbocycles. The monoisotopic (exact) mass is 666 g/mol. The standard InChI is InChI=1S/C34H46N6O8/c1-19(39-31(45)47-33(3,4)5)29(43)37-17-15-35-23-13-14-24(26-25(23)27(41)21-11-9-10-12-22(21)28(26)42)36-16-18-38-30(44)20(2)40-32(46)48-34(6,7)8/h9-14,19-20,35-36H,15-18H2,1-8H3,(H,37,43)(H,38,44)(H,39,45)(H,40,46)/t19-,20-/m0/s1. The second-order valence-electron chi connectivity index (χ2n) is 13.3. The fraction of sp³-hybridized carbons (Fsp3) is 0.471. The number of carbonyl (C=O) groups excluding carboxylic acids is 6. The minimum absolute atomic E-state index is 0.160. The summed E-state index contributed by atoms with van der Waals surface area (Å²) in [7, 11) is 0. The van der Waals surface area contributed by atoms with Gasteiger partial charge in [-0.25, -0.2) is 9.59 Å². The topological polar surface area (TPSA) is 193 Å². The van der Waals surface area contributed by atoms with Gasteiger partial charge in [-0.2, -0.15) is 0 Å². The molecule has 3 rings (SSSR count). The molecule has 0 fully saturated rings. The number of ketones is 2. The van der Waals surface area contributed by atoms with E-state index >= 15 is 0 Å². The van der Waals surface area contributed by atoms with Crippen LogP contribution in [0.3, 0.4) is 0 Å². The van der Waals surface area contributed by atoms with Gasteiger partial charge >= 0.3 is 12.2 Å². The van der Waals surface area contributed by atoms with E-state index < -0.39 is 47.3 Å². The SMILES string of the molecule is C[C@H](NC(=O)OC(C)(C)C)C(=O)NCCNc1ccc(NCCNC(=O)[C@H](C)NC(=O)OC(C)(C)C)c2c1C(=O)c1ccccc1C2=O. The first kappa shape index (κ1) is 37.3. The average Bonchev–Trinajstić information content (AvgIpc) is 2.97. The number of hydrogen-bond acceptors (Lipinski definition) is 10. The average molecular weight is 667 g/mol. The van der Waals surface area contributed by atoms with Crippen molar-refractivity contribution >= 4 is 46.9 Å². The molecule has 1 aliphatic carbocycles. The Balaban J connectivity index is 1.65. The van der Waals surface area contributed by atoms with Gasteiger partial charge < -0.3 is 41.4 Å². The summed E-state index contributed by atoms with van der Waals surface area (Å²) >= 11 is 0. The summed E-state index contributed by atoms with van der Waals surface area (Å²) in [6, 6.07) is 8.22. The zero-order valence-electron chi connectivity index (χ0n) is 28.7. The number of rotatable bonds is 12. The lowest BCUT2D eigenvalue weighted by molar-refractivity contribution is -0.123. The van der Waals surface area contributed by atoms with Gasteiger partial charge in [-0.05, 0) is 67.5 Å². The second-order valence-corrected chi connectivity index (χ2v) is 13.3. The lowest BCUT2D eigenvalue weighted by Gasteiger charge is -2.24. The summed E-state index contributed by atoms with van der Waals surface area (Å²) < 4.78 is 10.4. The molecule has 48 heavy (non-hydrogen) atoms. The summed E-state index contributed by atoms with van der Waals surface area (Å²) in [5.74, 6) is -1.51. The third-order valence-electron chi connectivity index (χ3n) is 6.81. The summed E-state index contributed by atoms with van der Waals surface area (Å²) in [6.45, 7) is 14.1. The van der Waals surface area contributed by atoms with Crippen molar-refractivity contribution in [2.24, 2.45) is 0 Å². The van der Waals surface area contributed by atoms with Crippen LogP contribution in [0, 0.1) is 0 Å². The van der Waals surface area contributed by atoms with Crippen LogP contribution in [0.25, 0.3) is 0 Å². The Bertz CT molecular complexity index is 1450. The van der Waals surface area contributed by atoms with Crippen molar-refractivity contribution in [3.8, 4) is 0 Å². The Morgan fingerprint density at radius 2 is 0.958 bits per heavy atom. The molecule has 0 unspecified atom stereocenters. The van der Waals surface area contributed by atoms with Crippen molar-refractivity contribution < 1.29 is 38.2 Å². The van der Waals surface area contributed by atoms with Gasteiger partial charge in [0.25, 0.3) is 0 Å². The van der Waals surface area contributed by atoms with Gasteiger partial charge in [-0.15, -0.1) is 0 Å². The molecular weight excluding hydrogens is 620 g/mol. The Morgan fingerprint density at radius 3 is 1.29 bits per heavy atom. The maximum atomic E-state index is 13.7. The van der Waals surface area contributed by atoms with Crippen LogP contribution in [0.15, 0.2) is 36.4 Å². The lowest BCUT2D eigenvalue weighted by Crippen LogP contribution is -2.47. The van der Waals surface area contributed by atoms with E-state index in [1.54, 1.807) is 77.9 Å². The van der Waals surface area contributed by atoms with Gasteiger partial charge in [0.1, 0.15) is 23.3 Å². The zero-order chi connectivity index (χ0) is 35.8. The molecule has 14 heteroatoms. The van der Waals surface area contributed by atoms with E-state index in [0.717, 1.165) is 0 Å². The highest BCUT2D eigenvalue weighted by atomic mass is 16.6. The molecule has 2 atom stereocenters. The molecule has 0 heterocycles. The number of nitrogens with one attached hydrogen (secondary N) is 6. The van der Waals surface area contributed by atoms with Gasteiger partial charge in [0.05, 0.1) is 11.1 Å². The minimum Gasteiger partial charge on any atom is -0.444 e. The highest BCUT2D eigenvalue weighted by Crippen LogP contribution is 2.36. The molecule has 0 saturated carbocycles. The van der Waals surface area contributed by atoms with Crippen molar-refractivity contribution in [3.05, 3.63) is 58.7 Å². The molecule has 2 aromatic rings. The molecule has 0 aromatic heterocycles. The predicted molar refractivity (Wildman–Crippen MR) is 180 cm³/mol. The van der Waals surface area contributed by atoms with Crippen molar-refractivity contribution in [1.29, 1.82) is 0 Å². The van der Waals surface area contributed by atoms with Crippen LogP contribution in [0.5, 0.6) is 0 Å². The normalized spacial score (nSPS) is 13.6. The van der Waals surface area contributed by atoms with E-state index in [9.17, 15) is 28.8 Å². The van der Waals surface area contributed by atoms with Gasteiger partial charge in [-0.1, -0.05) is 24.3 Å². The molecule has 0 bridgehead atoms. The fourth-order valence-corrected chi connectivity index (χ4v) is 4.69. The van der Waals surface area contributed by atoms with E-state index in [1.165, 1.54) is 13.8 Å². The second kappa shape index (κ2) is 15.6. The number of hydrogen-bond donors (Lipinski definition) is 6. The number of fused-ring (bicyclic) bond motifs is 2. The summed E-state index contributed by atoms with van der Waals surface area (Å²) in [5.41, 5.74) is 0.354. The van der Waals surface area contributed by atoms with E-state index in [4.69, 9.17) is 9.47 Å². The Labute approximate surface area is 280 Å². The van der Waals surface area contributed by atoms with Gasteiger partial charge in [-0.3, -0.25) is 19.2 Å². The molecule has 0 radical (unpaired) electrons. The van der Waals surface area contributed by atoms with Gasteiger partial charge in [0, 0.05) is 48.7 Å². The Kier molecular flexibility index (Phi) is 12.2. The van der Waals surface area contributed by atoms with Crippen LogP contribution in [-0.2, 0) is 19.1 Å². The largest absolute Gasteiger partial charge is 0.444 e. The molecule has 260 valence electrons. The van der Waals surface area contributed by atoms with Crippen LogP contribution in [0.2, 0.25) is 0 Å². The van der Waals surface area contributed by atoms with E-state index in [2.05, 4.69) is 31.9 Å². The Morgan fingerprint density at radius 1 is 0.604 bits per heavy atom. The maximum absolute atomic E-state index is 13.7. The molecular formula is C34H46N6O8. The van der Waals surface area contributed by atoms with Crippen LogP contribution in [0.4, 0.5) is 21.0 Å². The molecule has 0 spiro atoms. The molecule has 1 aliphatic rings. The number of amides is 4. The molecule has 6 N–H and O–H groups in total. The van der Waals surface area contributed by atoms with Crippen LogP contribution >= 0.6 is 0 Å².